The lowest BCUT2D eigenvalue weighted by Crippen LogP contribution is -2.23. The maximum Gasteiger partial charge on any atom is 0.131 e. The van der Waals surface area contributed by atoms with Crippen LogP contribution in [0.2, 0.25) is 5.15 Å². The highest BCUT2D eigenvalue weighted by molar-refractivity contribution is 6.29. The van der Waals surface area contributed by atoms with Gasteiger partial charge in [0.05, 0.1) is 11.3 Å². The third-order valence-corrected chi connectivity index (χ3v) is 5.38. The number of halogens is 1. The highest BCUT2D eigenvalue weighted by atomic mass is 35.5. The average molecular weight is 333 g/mol. The summed E-state index contributed by atoms with van der Waals surface area (Å²) in [6, 6.07) is 1.88. The molecule has 0 unspecified atom stereocenters. The summed E-state index contributed by atoms with van der Waals surface area (Å²) in [5.74, 6) is 7.80. The second kappa shape index (κ2) is 7.11. The minimum absolute atomic E-state index is 0.208. The quantitative estimate of drug-likeness (QED) is 0.644. The molecular weight excluding hydrogens is 308 g/mol. The molecule has 0 amide bonds. The molecule has 4 heteroatoms. The number of rotatable bonds is 4. The summed E-state index contributed by atoms with van der Waals surface area (Å²) in [6.07, 6.45) is 8.77. The number of hydrogen-bond donors (Lipinski definition) is 2. The van der Waals surface area contributed by atoms with Crippen molar-refractivity contribution in [3.8, 4) is 11.8 Å². The summed E-state index contributed by atoms with van der Waals surface area (Å²) < 4.78 is 0. The molecule has 0 saturated heterocycles. The van der Waals surface area contributed by atoms with E-state index in [1.165, 1.54) is 25.7 Å². The van der Waals surface area contributed by atoms with E-state index in [1.807, 2.05) is 6.07 Å². The number of aliphatic hydroxyl groups is 1. The minimum atomic E-state index is 0.208. The molecule has 0 radical (unpaired) electrons. The standard InChI is InChI=1S/C19H25ClN2O/c1-19(8-9-19)7-6-16-12-22-18(20)10-17(16)21-11-14-2-4-15(13-23)5-3-14/h10,12,14-15,23H,2-5,8-9,11,13H2,1H3,(H,21,22). The molecule has 0 atom stereocenters. The lowest BCUT2D eigenvalue weighted by atomic mass is 9.82. The van der Waals surface area contributed by atoms with Gasteiger partial charge in [-0.25, -0.2) is 4.98 Å². The highest BCUT2D eigenvalue weighted by Crippen LogP contribution is 2.44. The molecule has 2 saturated carbocycles. The molecule has 0 aliphatic heterocycles. The first-order valence-electron chi connectivity index (χ1n) is 8.61. The predicted molar refractivity (Wildman–Crippen MR) is 94.5 cm³/mol. The van der Waals surface area contributed by atoms with E-state index in [-0.39, 0.29) is 5.41 Å². The van der Waals surface area contributed by atoms with E-state index in [1.54, 1.807) is 6.20 Å². The molecule has 2 aliphatic carbocycles. The van der Waals surface area contributed by atoms with Gasteiger partial charge in [-0.3, -0.25) is 0 Å². The summed E-state index contributed by atoms with van der Waals surface area (Å²) in [4.78, 5) is 4.17. The van der Waals surface area contributed by atoms with Crippen molar-refractivity contribution in [2.45, 2.75) is 45.4 Å². The molecule has 3 nitrogen and oxygen atoms in total. The van der Waals surface area contributed by atoms with Gasteiger partial charge >= 0.3 is 0 Å². The molecule has 2 aliphatic rings. The zero-order chi connectivity index (χ0) is 16.3. The summed E-state index contributed by atoms with van der Waals surface area (Å²) in [5, 5.41) is 13.3. The number of nitrogens with one attached hydrogen (secondary N) is 1. The van der Waals surface area contributed by atoms with Gasteiger partial charge in [-0.05, 0) is 63.4 Å². The van der Waals surface area contributed by atoms with Gasteiger partial charge in [-0.2, -0.15) is 0 Å². The lowest BCUT2D eigenvalue weighted by Gasteiger charge is -2.27. The van der Waals surface area contributed by atoms with Gasteiger partial charge in [-0.1, -0.05) is 23.4 Å². The van der Waals surface area contributed by atoms with Crippen LogP contribution in [0.3, 0.4) is 0 Å². The van der Waals surface area contributed by atoms with Crippen molar-refractivity contribution < 1.29 is 5.11 Å². The molecule has 3 rings (SSSR count). The summed E-state index contributed by atoms with van der Waals surface area (Å²) in [7, 11) is 0. The Hall–Kier alpha value is -1.24. The van der Waals surface area contributed by atoms with Crippen LogP contribution in [0.1, 0.15) is 51.0 Å². The van der Waals surface area contributed by atoms with Crippen molar-refractivity contribution >= 4 is 17.3 Å². The SMILES string of the molecule is CC1(C#Cc2cnc(Cl)cc2NCC2CCC(CO)CC2)CC1. The predicted octanol–water partition coefficient (Wildman–Crippen LogP) is 4.10. The monoisotopic (exact) mass is 332 g/mol. The summed E-state index contributed by atoms with van der Waals surface area (Å²) >= 11 is 6.05. The first-order chi connectivity index (χ1) is 11.1. The van der Waals surface area contributed by atoms with Gasteiger partial charge in [0.1, 0.15) is 5.15 Å². The van der Waals surface area contributed by atoms with Crippen molar-refractivity contribution in [3.05, 3.63) is 23.0 Å². The minimum Gasteiger partial charge on any atom is -0.396 e. The number of aromatic nitrogens is 1. The Labute approximate surface area is 143 Å². The van der Waals surface area contributed by atoms with Crippen LogP contribution in [0, 0.1) is 29.1 Å². The van der Waals surface area contributed by atoms with Crippen molar-refractivity contribution in [1.82, 2.24) is 4.98 Å². The number of pyridine rings is 1. The van der Waals surface area contributed by atoms with Crippen LogP contribution in [-0.2, 0) is 0 Å². The second-order valence-corrected chi connectivity index (χ2v) is 7.70. The first kappa shape index (κ1) is 16.6. The van der Waals surface area contributed by atoms with Crippen molar-refractivity contribution in [2.75, 3.05) is 18.5 Å². The maximum absolute atomic E-state index is 9.23. The van der Waals surface area contributed by atoms with Crippen molar-refractivity contribution in [1.29, 1.82) is 0 Å². The van der Waals surface area contributed by atoms with E-state index in [4.69, 9.17) is 11.6 Å². The molecule has 0 aromatic carbocycles. The number of hydrogen-bond acceptors (Lipinski definition) is 3. The molecule has 1 heterocycles. The molecule has 1 aromatic rings. The normalized spacial score (nSPS) is 25.3. The fourth-order valence-electron chi connectivity index (χ4n) is 3.08. The summed E-state index contributed by atoms with van der Waals surface area (Å²) in [5.41, 5.74) is 2.14. The zero-order valence-electron chi connectivity index (χ0n) is 13.7. The maximum atomic E-state index is 9.23. The molecule has 23 heavy (non-hydrogen) atoms. The van der Waals surface area contributed by atoms with Gasteiger partial charge in [0, 0.05) is 24.8 Å². The molecule has 1 aromatic heterocycles. The van der Waals surface area contributed by atoms with E-state index in [9.17, 15) is 5.11 Å². The van der Waals surface area contributed by atoms with Crippen LogP contribution in [0.5, 0.6) is 0 Å². The Kier molecular flexibility index (Phi) is 5.14. The smallest absolute Gasteiger partial charge is 0.131 e. The van der Waals surface area contributed by atoms with E-state index >= 15 is 0 Å². The van der Waals surface area contributed by atoms with E-state index in [0.717, 1.165) is 30.6 Å². The molecule has 0 spiro atoms. The first-order valence-corrected chi connectivity index (χ1v) is 8.99. The Morgan fingerprint density at radius 3 is 2.65 bits per heavy atom. The fraction of sp³-hybridized carbons (Fsp3) is 0.632. The largest absolute Gasteiger partial charge is 0.396 e. The van der Waals surface area contributed by atoms with Crippen LogP contribution < -0.4 is 5.32 Å². The molecule has 124 valence electrons. The fourth-order valence-corrected chi connectivity index (χ4v) is 3.24. The number of anilines is 1. The Balaban J connectivity index is 1.62. The van der Waals surface area contributed by atoms with E-state index in [0.29, 0.717) is 23.6 Å². The Bertz CT molecular complexity index is 608. The average Bonchev–Trinajstić information content (AvgIpc) is 3.30. The van der Waals surface area contributed by atoms with Gasteiger partial charge in [0.15, 0.2) is 0 Å². The molecular formula is C19H25ClN2O. The molecule has 0 bridgehead atoms. The van der Waals surface area contributed by atoms with Gasteiger partial charge in [-0.15, -0.1) is 0 Å². The number of aliphatic hydroxyl groups excluding tert-OH is 1. The Morgan fingerprint density at radius 2 is 2.00 bits per heavy atom. The van der Waals surface area contributed by atoms with Gasteiger partial charge in [0.2, 0.25) is 0 Å². The van der Waals surface area contributed by atoms with Crippen LogP contribution in [-0.4, -0.2) is 23.2 Å². The third-order valence-electron chi connectivity index (χ3n) is 5.18. The zero-order valence-corrected chi connectivity index (χ0v) is 14.5. The van der Waals surface area contributed by atoms with Crippen molar-refractivity contribution in [2.24, 2.45) is 17.3 Å². The second-order valence-electron chi connectivity index (χ2n) is 7.31. The van der Waals surface area contributed by atoms with Gasteiger partial charge < -0.3 is 10.4 Å². The lowest BCUT2D eigenvalue weighted by molar-refractivity contribution is 0.170. The topological polar surface area (TPSA) is 45.2 Å². The summed E-state index contributed by atoms with van der Waals surface area (Å²) in [6.45, 7) is 3.47. The molecule has 2 fully saturated rings. The Morgan fingerprint density at radius 1 is 1.30 bits per heavy atom. The van der Waals surface area contributed by atoms with Crippen LogP contribution in [0.25, 0.3) is 0 Å². The van der Waals surface area contributed by atoms with Crippen LogP contribution >= 0.6 is 11.6 Å². The highest BCUT2D eigenvalue weighted by Gasteiger charge is 2.35. The third kappa shape index (κ3) is 4.62. The van der Waals surface area contributed by atoms with E-state index < -0.39 is 0 Å². The van der Waals surface area contributed by atoms with Crippen LogP contribution in [0.4, 0.5) is 5.69 Å². The van der Waals surface area contributed by atoms with E-state index in [2.05, 4.69) is 29.1 Å². The number of nitrogens with zero attached hydrogens (tertiary/aromatic N) is 1. The van der Waals surface area contributed by atoms with Crippen molar-refractivity contribution in [3.63, 3.8) is 0 Å². The molecule has 2 N–H and O–H groups in total. The van der Waals surface area contributed by atoms with Gasteiger partial charge in [0.25, 0.3) is 0 Å². The van der Waals surface area contributed by atoms with Crippen LogP contribution in [0.15, 0.2) is 12.3 Å².